The fraction of sp³-hybridized carbons (Fsp3) is 0.0833. The average molecular weight is 325 g/mol. The molecular weight excluding hydrogens is 316 g/mol. The van der Waals surface area contributed by atoms with Crippen molar-refractivity contribution in [3.05, 3.63) is 50.5 Å². The minimum atomic E-state index is -1.11. The Labute approximate surface area is 116 Å². The van der Waals surface area contributed by atoms with Crippen molar-refractivity contribution in [2.24, 2.45) is 0 Å². The van der Waals surface area contributed by atoms with Crippen molar-refractivity contribution in [1.29, 1.82) is 0 Å². The van der Waals surface area contributed by atoms with Gasteiger partial charge in [0.2, 0.25) is 5.88 Å². The fourth-order valence-electron chi connectivity index (χ4n) is 1.43. The average Bonchev–Trinajstić information content (AvgIpc) is 2.35. The van der Waals surface area contributed by atoms with Gasteiger partial charge >= 0.3 is 5.97 Å². The summed E-state index contributed by atoms with van der Waals surface area (Å²) in [4.78, 5) is 28.7. The van der Waals surface area contributed by atoms with E-state index in [0.717, 1.165) is 5.56 Å². The standard InChI is InChI=1S/C12H9BrN2O4/c1-6-2-3-7(12(17)18)8(4-6)19-11-9(13)10(16)14-5-15-11/h2-5H,1H3,(H,17,18)(H,14,15,16). The smallest absolute Gasteiger partial charge is 0.339 e. The summed E-state index contributed by atoms with van der Waals surface area (Å²) in [6, 6.07) is 4.67. The van der Waals surface area contributed by atoms with Gasteiger partial charge in [0, 0.05) is 0 Å². The van der Waals surface area contributed by atoms with Crippen LogP contribution in [0.15, 0.2) is 33.8 Å². The molecule has 0 unspecified atom stereocenters. The highest BCUT2D eigenvalue weighted by Crippen LogP contribution is 2.28. The number of aromatic amines is 1. The van der Waals surface area contributed by atoms with E-state index in [4.69, 9.17) is 9.84 Å². The summed E-state index contributed by atoms with van der Waals surface area (Å²) in [5, 5.41) is 9.08. The molecule has 0 aliphatic rings. The van der Waals surface area contributed by atoms with Crippen molar-refractivity contribution in [2.75, 3.05) is 0 Å². The highest BCUT2D eigenvalue weighted by atomic mass is 79.9. The van der Waals surface area contributed by atoms with Gasteiger partial charge in [-0.2, -0.15) is 0 Å². The van der Waals surface area contributed by atoms with Gasteiger partial charge in [0.25, 0.3) is 5.56 Å². The Morgan fingerprint density at radius 3 is 2.89 bits per heavy atom. The number of nitrogens with one attached hydrogen (secondary N) is 1. The maximum atomic E-state index is 11.4. The molecule has 0 aliphatic heterocycles. The SMILES string of the molecule is Cc1ccc(C(=O)O)c(Oc2nc[nH]c(=O)c2Br)c1. The van der Waals surface area contributed by atoms with Crippen molar-refractivity contribution in [2.45, 2.75) is 6.92 Å². The molecule has 19 heavy (non-hydrogen) atoms. The first-order valence-electron chi connectivity index (χ1n) is 5.24. The largest absolute Gasteiger partial charge is 0.478 e. The number of carboxylic acid groups (broad SMARTS) is 1. The number of halogens is 1. The van der Waals surface area contributed by atoms with Crippen LogP contribution in [-0.4, -0.2) is 21.0 Å². The lowest BCUT2D eigenvalue weighted by molar-refractivity contribution is 0.0694. The van der Waals surface area contributed by atoms with Crippen LogP contribution in [0, 0.1) is 6.92 Å². The van der Waals surface area contributed by atoms with Crippen LogP contribution >= 0.6 is 15.9 Å². The lowest BCUT2D eigenvalue weighted by atomic mass is 10.1. The third-order valence-electron chi connectivity index (χ3n) is 2.34. The third-order valence-corrected chi connectivity index (χ3v) is 3.04. The van der Waals surface area contributed by atoms with E-state index in [1.165, 1.54) is 12.4 Å². The first-order chi connectivity index (χ1) is 8.99. The number of rotatable bonds is 3. The summed E-state index contributed by atoms with van der Waals surface area (Å²) < 4.78 is 5.51. The van der Waals surface area contributed by atoms with E-state index >= 15 is 0 Å². The first-order valence-corrected chi connectivity index (χ1v) is 6.03. The molecule has 0 saturated heterocycles. The summed E-state index contributed by atoms with van der Waals surface area (Å²) >= 11 is 3.04. The van der Waals surface area contributed by atoms with Crippen LogP contribution in [-0.2, 0) is 0 Å². The van der Waals surface area contributed by atoms with Gasteiger partial charge in [-0.25, -0.2) is 9.78 Å². The minimum absolute atomic E-state index is 0.000387. The number of hydrogen-bond donors (Lipinski definition) is 2. The lowest BCUT2D eigenvalue weighted by Gasteiger charge is -2.09. The molecule has 6 nitrogen and oxygen atoms in total. The number of aryl methyl sites for hydroxylation is 1. The molecule has 0 spiro atoms. The molecule has 7 heteroatoms. The highest BCUT2D eigenvalue weighted by molar-refractivity contribution is 9.10. The molecule has 0 aliphatic carbocycles. The predicted molar refractivity (Wildman–Crippen MR) is 70.8 cm³/mol. The minimum Gasteiger partial charge on any atom is -0.478 e. The molecular formula is C12H9BrN2O4. The molecule has 2 rings (SSSR count). The number of benzene rings is 1. The molecule has 2 N–H and O–H groups in total. The van der Waals surface area contributed by atoms with Crippen LogP contribution in [0.5, 0.6) is 11.6 Å². The van der Waals surface area contributed by atoms with Crippen molar-refractivity contribution in [3.8, 4) is 11.6 Å². The number of carbonyl (C=O) groups is 1. The molecule has 98 valence electrons. The Morgan fingerprint density at radius 2 is 2.21 bits per heavy atom. The highest BCUT2D eigenvalue weighted by Gasteiger charge is 2.15. The monoisotopic (exact) mass is 324 g/mol. The van der Waals surface area contributed by atoms with Crippen molar-refractivity contribution in [3.63, 3.8) is 0 Å². The van der Waals surface area contributed by atoms with Gasteiger partial charge in [-0.15, -0.1) is 0 Å². The molecule has 0 saturated carbocycles. The van der Waals surface area contributed by atoms with Crippen LogP contribution in [0.4, 0.5) is 0 Å². The summed E-state index contributed by atoms with van der Waals surface area (Å²) in [5.74, 6) is -0.973. The van der Waals surface area contributed by atoms with E-state index < -0.39 is 11.5 Å². The maximum absolute atomic E-state index is 11.4. The summed E-state index contributed by atoms with van der Waals surface area (Å²) in [7, 11) is 0. The molecule has 0 fully saturated rings. The van der Waals surface area contributed by atoms with E-state index in [-0.39, 0.29) is 21.7 Å². The lowest BCUT2D eigenvalue weighted by Crippen LogP contribution is -2.09. The third kappa shape index (κ3) is 2.82. The van der Waals surface area contributed by atoms with Gasteiger partial charge in [-0.1, -0.05) is 6.07 Å². The van der Waals surface area contributed by atoms with E-state index in [2.05, 4.69) is 25.9 Å². The number of carboxylic acids is 1. The van der Waals surface area contributed by atoms with Crippen molar-refractivity contribution < 1.29 is 14.6 Å². The van der Waals surface area contributed by atoms with Crippen molar-refractivity contribution in [1.82, 2.24) is 9.97 Å². The molecule has 2 aromatic rings. The Balaban J connectivity index is 2.48. The zero-order valence-corrected chi connectivity index (χ0v) is 11.4. The molecule has 0 atom stereocenters. The number of nitrogens with zero attached hydrogens (tertiary/aromatic N) is 1. The number of aromatic carboxylic acids is 1. The van der Waals surface area contributed by atoms with Crippen LogP contribution < -0.4 is 10.3 Å². The topological polar surface area (TPSA) is 92.3 Å². The first kappa shape index (κ1) is 13.3. The van der Waals surface area contributed by atoms with Crippen LogP contribution in [0.3, 0.4) is 0 Å². The number of ether oxygens (including phenoxy) is 1. The number of H-pyrrole nitrogens is 1. The fourth-order valence-corrected chi connectivity index (χ4v) is 1.73. The zero-order chi connectivity index (χ0) is 14.0. The van der Waals surface area contributed by atoms with Gasteiger partial charge in [-0.05, 0) is 40.5 Å². The molecule has 0 radical (unpaired) electrons. The van der Waals surface area contributed by atoms with Crippen LogP contribution in [0.25, 0.3) is 0 Å². The van der Waals surface area contributed by atoms with Gasteiger partial charge < -0.3 is 14.8 Å². The number of hydrogen-bond acceptors (Lipinski definition) is 4. The van der Waals surface area contributed by atoms with Crippen LogP contribution in [0.1, 0.15) is 15.9 Å². The summed E-state index contributed by atoms with van der Waals surface area (Å²) in [6.45, 7) is 1.80. The zero-order valence-electron chi connectivity index (χ0n) is 9.81. The number of aromatic nitrogens is 2. The molecule has 1 aromatic heterocycles. The Hall–Kier alpha value is -2.15. The molecule has 0 amide bonds. The van der Waals surface area contributed by atoms with Crippen LogP contribution in [0.2, 0.25) is 0 Å². The summed E-state index contributed by atoms with van der Waals surface area (Å²) in [5.41, 5.74) is 0.426. The second kappa shape index (κ2) is 5.23. The maximum Gasteiger partial charge on any atom is 0.339 e. The Kier molecular flexibility index (Phi) is 3.66. The van der Waals surface area contributed by atoms with Gasteiger partial charge in [0.15, 0.2) is 0 Å². The quantitative estimate of drug-likeness (QED) is 0.903. The Morgan fingerprint density at radius 1 is 1.47 bits per heavy atom. The van der Waals surface area contributed by atoms with E-state index in [0.29, 0.717) is 0 Å². The second-order valence-corrected chi connectivity index (χ2v) is 4.55. The van der Waals surface area contributed by atoms with Gasteiger partial charge in [0.05, 0.1) is 6.33 Å². The van der Waals surface area contributed by atoms with Crippen molar-refractivity contribution >= 4 is 21.9 Å². The molecule has 1 aromatic carbocycles. The predicted octanol–water partition coefficient (Wildman–Crippen LogP) is 2.33. The normalized spacial score (nSPS) is 10.2. The molecule has 0 bridgehead atoms. The van der Waals surface area contributed by atoms with E-state index in [1.807, 2.05) is 0 Å². The van der Waals surface area contributed by atoms with Gasteiger partial charge in [-0.3, -0.25) is 4.79 Å². The van der Waals surface area contributed by atoms with Gasteiger partial charge in [0.1, 0.15) is 15.8 Å². The van der Waals surface area contributed by atoms with E-state index in [1.54, 1.807) is 19.1 Å². The second-order valence-electron chi connectivity index (χ2n) is 3.76. The van der Waals surface area contributed by atoms with E-state index in [9.17, 15) is 9.59 Å². The Bertz CT molecular complexity index is 696. The summed E-state index contributed by atoms with van der Waals surface area (Å²) in [6.07, 6.45) is 1.18. The molecule has 1 heterocycles.